The van der Waals surface area contributed by atoms with Crippen LogP contribution in [0, 0.1) is 5.82 Å². The summed E-state index contributed by atoms with van der Waals surface area (Å²) < 4.78 is 59.4. The van der Waals surface area contributed by atoms with Crippen LogP contribution < -0.4 is 14.8 Å². The highest BCUT2D eigenvalue weighted by Crippen LogP contribution is 2.40. The van der Waals surface area contributed by atoms with Crippen LogP contribution in [0.4, 0.5) is 18.9 Å². The first-order valence-electron chi connectivity index (χ1n) is 16.9. The lowest BCUT2D eigenvalue weighted by Crippen LogP contribution is -2.21. The molecule has 0 saturated carbocycles. The predicted octanol–water partition coefficient (Wildman–Crippen LogP) is 7.37. The molecule has 7 aromatic rings. The number of anilines is 1. The molecular formula is C38H27ClF3N9O4. The van der Waals surface area contributed by atoms with Crippen molar-refractivity contribution in [3.63, 3.8) is 0 Å². The van der Waals surface area contributed by atoms with Crippen molar-refractivity contribution in [1.82, 2.24) is 39.3 Å². The molecule has 2 aliphatic rings. The SMILES string of the molecule is COc1ncc(-c2ccnc(-n3cc4c(n3)-c3cc(-c5cc(C(=O)Nc6ccc(OC(F)(F)Cl)cc6)cc6nc7n(c56)[C@H](C)COC7)cnc3C4)n2)cc1F. The maximum Gasteiger partial charge on any atom is 0.487 e. The third-order valence-electron chi connectivity index (χ3n) is 9.33. The zero-order valence-electron chi connectivity index (χ0n) is 28.9. The van der Waals surface area contributed by atoms with Crippen LogP contribution in [0.3, 0.4) is 0 Å². The number of rotatable bonds is 8. The summed E-state index contributed by atoms with van der Waals surface area (Å²) >= 11 is 4.88. The van der Waals surface area contributed by atoms with E-state index < -0.39 is 17.3 Å². The zero-order valence-corrected chi connectivity index (χ0v) is 29.7. The van der Waals surface area contributed by atoms with E-state index in [1.807, 2.05) is 19.2 Å². The third kappa shape index (κ3) is 6.38. The molecule has 0 bridgehead atoms. The molecule has 1 N–H and O–H groups in total. The number of alkyl halides is 3. The van der Waals surface area contributed by atoms with Crippen LogP contribution in [-0.4, -0.2) is 64.5 Å². The number of halogens is 4. The summed E-state index contributed by atoms with van der Waals surface area (Å²) in [6, 6.07) is 13.8. The number of nitrogens with zero attached hydrogens (tertiary/aromatic N) is 8. The van der Waals surface area contributed by atoms with Crippen molar-refractivity contribution in [3.05, 3.63) is 108 Å². The molecule has 17 heteroatoms. The molecule has 0 radical (unpaired) electrons. The highest BCUT2D eigenvalue weighted by atomic mass is 35.5. The molecule has 2 aromatic carbocycles. The Balaban J connectivity index is 1.08. The minimum atomic E-state index is -3.86. The lowest BCUT2D eigenvalue weighted by atomic mass is 9.99. The minimum Gasteiger partial charge on any atom is -0.479 e. The molecule has 1 atom stereocenters. The number of fused-ring (bicyclic) bond motifs is 6. The van der Waals surface area contributed by atoms with E-state index in [-0.39, 0.29) is 23.6 Å². The van der Waals surface area contributed by atoms with Gasteiger partial charge in [-0.05, 0) is 61.5 Å². The molecule has 1 amide bonds. The average molecular weight is 766 g/mol. The van der Waals surface area contributed by atoms with E-state index in [1.165, 1.54) is 43.6 Å². The molecule has 0 unspecified atom stereocenters. The Labute approximate surface area is 314 Å². The van der Waals surface area contributed by atoms with Crippen molar-refractivity contribution in [2.45, 2.75) is 31.6 Å². The molecule has 276 valence electrons. The van der Waals surface area contributed by atoms with E-state index in [4.69, 9.17) is 36.1 Å². The number of benzene rings is 2. The third-order valence-corrected chi connectivity index (χ3v) is 9.40. The Bertz CT molecular complexity index is 2660. The first kappa shape index (κ1) is 34.4. The smallest absolute Gasteiger partial charge is 0.479 e. The number of pyridine rings is 2. The fraction of sp³-hybridized carbons (Fsp3) is 0.184. The van der Waals surface area contributed by atoms with E-state index >= 15 is 0 Å². The van der Waals surface area contributed by atoms with Crippen molar-refractivity contribution in [2.24, 2.45) is 0 Å². The minimum absolute atomic E-state index is 0.0288. The maximum absolute atomic E-state index is 14.4. The van der Waals surface area contributed by atoms with Crippen LogP contribution in [0.2, 0.25) is 0 Å². The summed E-state index contributed by atoms with van der Waals surface area (Å²) in [5.41, 5.74) is 3.86. The quantitative estimate of drug-likeness (QED) is 0.156. The van der Waals surface area contributed by atoms with Gasteiger partial charge in [0.15, 0.2) is 5.82 Å². The van der Waals surface area contributed by atoms with Crippen molar-refractivity contribution in [2.75, 3.05) is 19.0 Å². The molecule has 0 spiro atoms. The van der Waals surface area contributed by atoms with Gasteiger partial charge in [-0.3, -0.25) is 9.78 Å². The first-order valence-corrected chi connectivity index (χ1v) is 17.3. The summed E-state index contributed by atoms with van der Waals surface area (Å²) in [6.07, 6.45) is 7.20. The normalized spacial score (nSPS) is 14.7. The molecule has 6 heterocycles. The Kier molecular flexibility index (Phi) is 8.24. The standard InChI is InChI=1S/C38H27ClF3N9O4/c1-19-17-54-18-32-47-31-12-20(35(52)46-24-3-5-25(6-4-24)55-38(39,41)42)9-26(34(31)51(19)32)21-10-27-30(44-14-21)13-23-16-50(49-33(23)27)37-43-8-7-29(48-37)22-11-28(40)36(53-2)45-15-22/h3-12,14-16,19H,13,17-18H2,1-2H3,(H,46,52)/t19-/m1/s1. The number of imidazole rings is 1. The second kappa shape index (κ2) is 13.2. The molecule has 0 fully saturated rings. The fourth-order valence-corrected chi connectivity index (χ4v) is 7.00. The number of hydrogen-bond acceptors (Lipinski definition) is 10. The van der Waals surface area contributed by atoms with Gasteiger partial charge in [0.25, 0.3) is 11.9 Å². The van der Waals surface area contributed by atoms with Crippen molar-refractivity contribution < 1.29 is 32.2 Å². The van der Waals surface area contributed by atoms with E-state index in [1.54, 1.807) is 35.3 Å². The van der Waals surface area contributed by atoms with E-state index in [2.05, 4.69) is 29.6 Å². The number of nitrogens with one attached hydrogen (secondary N) is 1. The number of ether oxygens (including phenoxy) is 3. The van der Waals surface area contributed by atoms with Gasteiger partial charge < -0.3 is 24.1 Å². The molecule has 1 aliphatic heterocycles. The van der Waals surface area contributed by atoms with Gasteiger partial charge in [-0.15, -0.1) is 8.78 Å². The number of aromatic nitrogens is 8. The topological polar surface area (TPSA) is 144 Å². The fourth-order valence-electron chi connectivity index (χ4n) is 6.92. The average Bonchev–Trinajstić information content (AvgIpc) is 3.86. The van der Waals surface area contributed by atoms with Crippen molar-refractivity contribution >= 4 is 34.2 Å². The Morgan fingerprint density at radius 3 is 2.62 bits per heavy atom. The monoisotopic (exact) mass is 765 g/mol. The molecule has 0 saturated heterocycles. The van der Waals surface area contributed by atoms with E-state index in [0.717, 1.165) is 39.3 Å². The number of hydrogen-bond donors (Lipinski definition) is 1. The van der Waals surface area contributed by atoms with E-state index in [0.29, 0.717) is 53.4 Å². The highest BCUT2D eigenvalue weighted by molar-refractivity contribution is 6.20. The highest BCUT2D eigenvalue weighted by Gasteiger charge is 2.29. The zero-order chi connectivity index (χ0) is 38.0. The van der Waals surface area contributed by atoms with Crippen LogP contribution in [0.25, 0.3) is 50.6 Å². The summed E-state index contributed by atoms with van der Waals surface area (Å²) in [6.45, 7) is 2.85. The van der Waals surface area contributed by atoms with Crippen LogP contribution in [0.5, 0.6) is 11.6 Å². The summed E-state index contributed by atoms with van der Waals surface area (Å²) in [4.78, 5) is 36.4. The maximum atomic E-state index is 14.4. The van der Waals surface area contributed by atoms with Gasteiger partial charge >= 0.3 is 5.57 Å². The van der Waals surface area contributed by atoms with E-state index in [9.17, 15) is 18.0 Å². The lowest BCUT2D eigenvalue weighted by Gasteiger charge is -2.23. The number of methoxy groups -OCH3 is 1. The molecule has 55 heavy (non-hydrogen) atoms. The van der Waals surface area contributed by atoms with Gasteiger partial charge in [-0.2, -0.15) is 5.10 Å². The van der Waals surface area contributed by atoms with Crippen LogP contribution in [0.15, 0.2) is 79.4 Å². The Hall–Kier alpha value is -6.39. The molecule has 9 rings (SSSR count). The molecule has 13 nitrogen and oxygen atoms in total. The Morgan fingerprint density at radius 2 is 1.84 bits per heavy atom. The summed E-state index contributed by atoms with van der Waals surface area (Å²) in [5.74, 6) is -0.316. The van der Waals surface area contributed by atoms with Gasteiger partial charge in [0, 0.05) is 81.9 Å². The Morgan fingerprint density at radius 1 is 1.02 bits per heavy atom. The number of carbonyl (C=O) groups is 1. The van der Waals surface area contributed by atoms with Crippen molar-refractivity contribution in [1.29, 1.82) is 0 Å². The van der Waals surface area contributed by atoms with Crippen LogP contribution >= 0.6 is 11.6 Å². The largest absolute Gasteiger partial charge is 0.487 e. The van der Waals surface area contributed by atoms with Crippen molar-refractivity contribution in [3.8, 4) is 51.2 Å². The first-order chi connectivity index (χ1) is 26.5. The van der Waals surface area contributed by atoms with Gasteiger partial charge in [0.05, 0.1) is 47.9 Å². The van der Waals surface area contributed by atoms with Gasteiger partial charge in [0.2, 0.25) is 5.88 Å². The number of amides is 1. The van der Waals surface area contributed by atoms with Crippen LogP contribution in [0.1, 0.15) is 40.4 Å². The molecule has 5 aromatic heterocycles. The van der Waals surface area contributed by atoms with Gasteiger partial charge in [0.1, 0.15) is 18.2 Å². The molecular weight excluding hydrogens is 739 g/mol. The van der Waals surface area contributed by atoms with Gasteiger partial charge in [-0.25, -0.2) is 29.0 Å². The lowest BCUT2D eigenvalue weighted by molar-refractivity contribution is -0.0964. The predicted molar refractivity (Wildman–Crippen MR) is 194 cm³/mol. The summed E-state index contributed by atoms with van der Waals surface area (Å²) in [5, 5.41) is 7.67. The number of carbonyl (C=O) groups excluding carboxylic acids is 1. The molecule has 1 aliphatic carbocycles. The second-order valence-electron chi connectivity index (χ2n) is 13.0. The van der Waals surface area contributed by atoms with Crippen LogP contribution in [-0.2, 0) is 17.8 Å². The summed E-state index contributed by atoms with van der Waals surface area (Å²) in [7, 11) is 1.35. The van der Waals surface area contributed by atoms with Gasteiger partial charge in [-0.1, -0.05) is 0 Å². The second-order valence-corrected chi connectivity index (χ2v) is 13.4.